The molecule has 1 aromatic rings. The number of hydrogen-bond donors (Lipinski definition) is 2. The average Bonchev–Trinajstić information content (AvgIpc) is 2.40. The molecule has 0 heterocycles. The fraction of sp³-hybridized carbons (Fsp3) is 0.462. The van der Waals surface area contributed by atoms with Crippen LogP contribution in [0.2, 0.25) is 0 Å². The molecule has 0 unspecified atom stereocenters. The van der Waals surface area contributed by atoms with Gasteiger partial charge in [0.15, 0.2) is 0 Å². The maximum atomic E-state index is 12.4. The standard InChI is InChI=1S/C13H16I3NO2/c1-3-13(4-2,7-18)17-12(19)9-5-8(14)6-10(15)11(9)16/h5-6,18H,3-4,7H2,1-2H3,(H,17,19). The summed E-state index contributed by atoms with van der Waals surface area (Å²) in [4.78, 5) is 12.4. The molecule has 0 saturated carbocycles. The predicted octanol–water partition coefficient (Wildman–Crippen LogP) is 3.78. The Kier molecular flexibility index (Phi) is 7.28. The van der Waals surface area contributed by atoms with Crippen LogP contribution in [0.5, 0.6) is 0 Å². The van der Waals surface area contributed by atoms with Gasteiger partial charge in [-0.05, 0) is 92.7 Å². The van der Waals surface area contributed by atoms with Crippen molar-refractivity contribution in [3.63, 3.8) is 0 Å². The molecule has 0 fully saturated rings. The summed E-state index contributed by atoms with van der Waals surface area (Å²) < 4.78 is 3.06. The van der Waals surface area contributed by atoms with Crippen molar-refractivity contribution in [3.8, 4) is 0 Å². The summed E-state index contributed by atoms with van der Waals surface area (Å²) in [7, 11) is 0. The summed E-state index contributed by atoms with van der Waals surface area (Å²) in [5, 5.41) is 12.5. The highest BCUT2D eigenvalue weighted by atomic mass is 127. The van der Waals surface area contributed by atoms with Crippen molar-refractivity contribution in [1.29, 1.82) is 0 Å². The van der Waals surface area contributed by atoms with Crippen molar-refractivity contribution in [2.75, 3.05) is 6.61 Å². The summed E-state index contributed by atoms with van der Waals surface area (Å²) >= 11 is 6.63. The Balaban J connectivity index is 3.08. The highest BCUT2D eigenvalue weighted by molar-refractivity contribution is 14.1. The molecule has 1 aromatic carbocycles. The molecule has 0 saturated heterocycles. The van der Waals surface area contributed by atoms with E-state index in [1.54, 1.807) is 0 Å². The summed E-state index contributed by atoms with van der Waals surface area (Å²) in [5.74, 6) is -0.112. The second-order valence-corrected chi connectivity index (χ2v) is 7.84. The third kappa shape index (κ3) is 4.40. The van der Waals surface area contributed by atoms with Crippen molar-refractivity contribution in [3.05, 3.63) is 28.4 Å². The Morgan fingerprint density at radius 2 is 1.84 bits per heavy atom. The van der Waals surface area contributed by atoms with Crippen LogP contribution < -0.4 is 5.32 Å². The lowest BCUT2D eigenvalue weighted by Crippen LogP contribution is -2.50. The quantitative estimate of drug-likeness (QED) is 0.401. The SMILES string of the molecule is CCC(CC)(CO)NC(=O)c1cc(I)cc(I)c1I. The van der Waals surface area contributed by atoms with E-state index in [0.29, 0.717) is 18.4 Å². The molecule has 0 radical (unpaired) electrons. The van der Waals surface area contributed by atoms with Gasteiger partial charge in [-0.25, -0.2) is 0 Å². The number of benzene rings is 1. The van der Waals surface area contributed by atoms with Gasteiger partial charge in [0.1, 0.15) is 0 Å². The van der Waals surface area contributed by atoms with Crippen molar-refractivity contribution in [1.82, 2.24) is 5.32 Å². The Hall–Kier alpha value is 0.840. The van der Waals surface area contributed by atoms with Crippen LogP contribution in [-0.2, 0) is 0 Å². The zero-order valence-corrected chi connectivity index (χ0v) is 17.2. The molecule has 0 aliphatic heterocycles. The molecule has 0 aromatic heterocycles. The molecular weight excluding hydrogens is 583 g/mol. The molecule has 0 aliphatic rings. The van der Waals surface area contributed by atoms with Crippen LogP contribution in [0, 0.1) is 10.7 Å². The lowest BCUT2D eigenvalue weighted by molar-refractivity contribution is 0.0817. The van der Waals surface area contributed by atoms with Gasteiger partial charge in [0, 0.05) is 10.7 Å². The first-order valence-corrected chi connectivity index (χ1v) is 9.20. The first-order valence-electron chi connectivity index (χ1n) is 5.97. The van der Waals surface area contributed by atoms with Gasteiger partial charge in [0.05, 0.1) is 17.7 Å². The second kappa shape index (κ2) is 7.74. The molecule has 19 heavy (non-hydrogen) atoms. The van der Waals surface area contributed by atoms with E-state index in [1.165, 1.54) is 0 Å². The van der Waals surface area contributed by atoms with Crippen molar-refractivity contribution < 1.29 is 9.90 Å². The smallest absolute Gasteiger partial charge is 0.252 e. The maximum Gasteiger partial charge on any atom is 0.252 e. The molecule has 106 valence electrons. The molecular formula is C13H16I3NO2. The molecule has 2 N–H and O–H groups in total. The van der Waals surface area contributed by atoms with Gasteiger partial charge in [-0.15, -0.1) is 0 Å². The average molecular weight is 599 g/mol. The number of rotatable bonds is 5. The summed E-state index contributed by atoms with van der Waals surface area (Å²) in [6.07, 6.45) is 1.42. The van der Waals surface area contributed by atoms with Crippen molar-refractivity contribution >= 4 is 73.7 Å². The number of aliphatic hydroxyl groups excluding tert-OH is 1. The van der Waals surface area contributed by atoms with Crippen LogP contribution >= 0.6 is 67.8 Å². The Bertz CT molecular complexity index is 465. The van der Waals surface area contributed by atoms with Gasteiger partial charge < -0.3 is 10.4 Å². The van der Waals surface area contributed by atoms with Gasteiger partial charge in [-0.2, -0.15) is 0 Å². The summed E-state index contributed by atoms with van der Waals surface area (Å²) in [5.41, 5.74) is 0.156. The van der Waals surface area contributed by atoms with Crippen LogP contribution in [0.25, 0.3) is 0 Å². The fourth-order valence-corrected chi connectivity index (χ4v) is 4.12. The molecule has 3 nitrogen and oxygen atoms in total. The number of halogens is 3. The first kappa shape index (κ1) is 17.9. The molecule has 1 amide bonds. The fourth-order valence-electron chi connectivity index (χ4n) is 1.72. The minimum Gasteiger partial charge on any atom is -0.394 e. The molecule has 6 heteroatoms. The van der Waals surface area contributed by atoms with E-state index in [9.17, 15) is 9.90 Å². The minimum atomic E-state index is -0.521. The monoisotopic (exact) mass is 599 g/mol. The molecule has 0 aliphatic carbocycles. The maximum absolute atomic E-state index is 12.4. The Morgan fingerprint density at radius 1 is 1.26 bits per heavy atom. The van der Waals surface area contributed by atoms with Gasteiger partial charge in [-0.3, -0.25) is 4.79 Å². The van der Waals surface area contributed by atoms with Crippen LogP contribution in [0.3, 0.4) is 0 Å². The number of amides is 1. The van der Waals surface area contributed by atoms with E-state index in [4.69, 9.17) is 0 Å². The third-order valence-corrected chi connectivity index (χ3v) is 6.94. The van der Waals surface area contributed by atoms with Gasteiger partial charge >= 0.3 is 0 Å². The largest absolute Gasteiger partial charge is 0.394 e. The van der Waals surface area contributed by atoms with Gasteiger partial charge in [0.25, 0.3) is 5.91 Å². The minimum absolute atomic E-state index is 0.0384. The van der Waals surface area contributed by atoms with E-state index in [0.717, 1.165) is 10.7 Å². The zero-order chi connectivity index (χ0) is 14.6. The van der Waals surface area contributed by atoms with Crippen LogP contribution in [0.4, 0.5) is 0 Å². The van der Waals surface area contributed by atoms with E-state index >= 15 is 0 Å². The van der Waals surface area contributed by atoms with Gasteiger partial charge in [-0.1, -0.05) is 13.8 Å². The van der Waals surface area contributed by atoms with Crippen molar-refractivity contribution in [2.45, 2.75) is 32.2 Å². The normalized spacial score (nSPS) is 11.5. The summed E-state index contributed by atoms with van der Waals surface area (Å²) in [6, 6.07) is 3.92. The van der Waals surface area contributed by atoms with Crippen LogP contribution in [0.15, 0.2) is 12.1 Å². The topological polar surface area (TPSA) is 49.3 Å². The van der Waals surface area contributed by atoms with Crippen LogP contribution in [0.1, 0.15) is 37.0 Å². The predicted molar refractivity (Wildman–Crippen MR) is 102 cm³/mol. The van der Waals surface area contributed by atoms with E-state index in [1.807, 2.05) is 26.0 Å². The highest BCUT2D eigenvalue weighted by Gasteiger charge is 2.28. The number of hydrogen-bond acceptors (Lipinski definition) is 2. The number of aliphatic hydroxyl groups is 1. The number of carbonyl (C=O) groups is 1. The Labute approximate surface area is 154 Å². The first-order chi connectivity index (χ1) is 8.89. The third-order valence-electron chi connectivity index (χ3n) is 3.27. The summed E-state index contributed by atoms with van der Waals surface area (Å²) in [6.45, 7) is 3.91. The van der Waals surface area contributed by atoms with E-state index in [2.05, 4.69) is 73.1 Å². The van der Waals surface area contributed by atoms with Crippen LogP contribution in [-0.4, -0.2) is 23.2 Å². The molecule has 0 bridgehead atoms. The molecule has 0 atom stereocenters. The lowest BCUT2D eigenvalue weighted by Gasteiger charge is -2.31. The Morgan fingerprint density at radius 3 is 2.32 bits per heavy atom. The lowest BCUT2D eigenvalue weighted by atomic mass is 9.93. The zero-order valence-electron chi connectivity index (χ0n) is 10.8. The number of carbonyl (C=O) groups excluding carboxylic acids is 1. The highest BCUT2D eigenvalue weighted by Crippen LogP contribution is 2.24. The van der Waals surface area contributed by atoms with E-state index in [-0.39, 0.29) is 12.5 Å². The second-order valence-electron chi connectivity index (χ2n) is 4.35. The number of nitrogens with one attached hydrogen (secondary N) is 1. The van der Waals surface area contributed by atoms with Gasteiger partial charge in [0.2, 0.25) is 0 Å². The van der Waals surface area contributed by atoms with E-state index < -0.39 is 5.54 Å². The van der Waals surface area contributed by atoms with Crippen molar-refractivity contribution in [2.24, 2.45) is 0 Å². The molecule has 1 rings (SSSR count). The molecule has 0 spiro atoms.